The number of rotatable bonds is 3. The van der Waals surface area contributed by atoms with Crippen molar-refractivity contribution in [3.63, 3.8) is 0 Å². The zero-order valence-corrected chi connectivity index (χ0v) is 14.6. The van der Waals surface area contributed by atoms with Crippen LogP contribution in [0.1, 0.15) is 5.56 Å². The predicted octanol–water partition coefficient (Wildman–Crippen LogP) is 5.60. The van der Waals surface area contributed by atoms with Crippen LogP contribution in [-0.4, -0.2) is 10.9 Å². The Morgan fingerprint density at radius 3 is 2.50 bits per heavy atom. The first-order chi connectivity index (χ1) is 12.8. The normalized spacial score (nSPS) is 11.8. The smallest absolute Gasteiger partial charge is 0.250 e. The second-order valence-corrected chi connectivity index (χ2v) is 7.14. The van der Waals surface area contributed by atoms with Crippen LogP contribution < -0.4 is 5.32 Å². The van der Waals surface area contributed by atoms with Crippen LogP contribution in [0.3, 0.4) is 0 Å². The van der Waals surface area contributed by atoms with Gasteiger partial charge in [-0.3, -0.25) is 10.1 Å². The highest BCUT2D eigenvalue weighted by molar-refractivity contribution is 7.20. The van der Waals surface area contributed by atoms with Crippen molar-refractivity contribution in [2.75, 3.05) is 5.32 Å². The van der Waals surface area contributed by atoms with E-state index in [9.17, 15) is 4.79 Å². The maximum Gasteiger partial charge on any atom is 0.250 e. The first-order valence-corrected chi connectivity index (χ1v) is 9.19. The van der Waals surface area contributed by atoms with Crippen molar-refractivity contribution >= 4 is 39.2 Å². The Balaban J connectivity index is 1.43. The Hall–Kier alpha value is -3.24. The fraction of sp³-hybridized carbons (Fsp3) is 0. The quantitative estimate of drug-likeness (QED) is 0.429. The summed E-state index contributed by atoms with van der Waals surface area (Å²) in [6.07, 6.45) is 3.34. The maximum atomic E-state index is 12.2. The largest absolute Gasteiger partial charge is 0.298 e. The minimum absolute atomic E-state index is 0.173. The van der Waals surface area contributed by atoms with Crippen LogP contribution >= 0.6 is 11.3 Å². The fourth-order valence-corrected chi connectivity index (χ4v) is 4.36. The van der Waals surface area contributed by atoms with E-state index in [4.69, 9.17) is 0 Å². The summed E-state index contributed by atoms with van der Waals surface area (Å²) in [7, 11) is 0. The van der Waals surface area contributed by atoms with Gasteiger partial charge < -0.3 is 0 Å². The molecule has 0 bridgehead atoms. The van der Waals surface area contributed by atoms with Crippen molar-refractivity contribution in [2.45, 2.75) is 0 Å². The van der Waals surface area contributed by atoms with Crippen LogP contribution in [0, 0.1) is 0 Å². The standard InChI is InChI=1S/C22H14N2OS/c25-18(13-12-14-6-2-1-3-7-14)23-22-24-20-16-10-4-8-15-9-5-11-17(19(15)16)21(20)26-22/h1-13H,(H,23,24,25). The van der Waals surface area contributed by atoms with E-state index in [0.29, 0.717) is 5.13 Å². The highest BCUT2D eigenvalue weighted by atomic mass is 32.1. The average molecular weight is 354 g/mol. The lowest BCUT2D eigenvalue weighted by Crippen LogP contribution is -2.07. The lowest BCUT2D eigenvalue weighted by atomic mass is 10.0. The molecule has 0 saturated heterocycles. The number of benzene rings is 3. The molecule has 1 heterocycles. The second kappa shape index (κ2) is 5.93. The summed E-state index contributed by atoms with van der Waals surface area (Å²) in [5.41, 5.74) is 4.30. The number of carbonyl (C=O) groups is 1. The summed E-state index contributed by atoms with van der Waals surface area (Å²) in [5.74, 6) is -0.173. The van der Waals surface area contributed by atoms with Crippen LogP contribution in [0.25, 0.3) is 38.5 Å². The molecule has 5 rings (SSSR count). The van der Waals surface area contributed by atoms with Gasteiger partial charge in [0.1, 0.15) is 0 Å². The summed E-state index contributed by atoms with van der Waals surface area (Å²) in [4.78, 5) is 18.0. The number of amides is 1. The molecule has 4 heteroatoms. The molecule has 1 aliphatic carbocycles. The predicted molar refractivity (Wildman–Crippen MR) is 108 cm³/mol. The van der Waals surface area contributed by atoms with Crippen LogP contribution in [-0.2, 0) is 4.79 Å². The Labute approximate surface area is 154 Å². The molecular weight excluding hydrogens is 340 g/mol. The van der Waals surface area contributed by atoms with Crippen LogP contribution in [0.4, 0.5) is 5.13 Å². The minimum atomic E-state index is -0.173. The summed E-state index contributed by atoms with van der Waals surface area (Å²) >= 11 is 1.52. The maximum absolute atomic E-state index is 12.2. The number of hydrogen-bond acceptors (Lipinski definition) is 3. The third-order valence-corrected chi connectivity index (χ3v) is 5.49. The zero-order valence-electron chi connectivity index (χ0n) is 13.8. The molecule has 0 aliphatic heterocycles. The molecule has 0 atom stereocenters. The molecule has 3 aromatic carbocycles. The van der Waals surface area contributed by atoms with Gasteiger partial charge in [0, 0.05) is 17.2 Å². The van der Waals surface area contributed by atoms with E-state index in [1.165, 1.54) is 33.7 Å². The Morgan fingerprint density at radius 1 is 0.923 bits per heavy atom. The van der Waals surface area contributed by atoms with Gasteiger partial charge >= 0.3 is 0 Å². The van der Waals surface area contributed by atoms with Crippen molar-refractivity contribution in [1.82, 2.24) is 4.98 Å². The highest BCUT2D eigenvalue weighted by Crippen LogP contribution is 2.50. The van der Waals surface area contributed by atoms with Gasteiger partial charge in [-0.1, -0.05) is 78.1 Å². The lowest BCUT2D eigenvalue weighted by Gasteiger charge is -2.02. The molecule has 0 radical (unpaired) electrons. The highest BCUT2D eigenvalue weighted by Gasteiger charge is 2.25. The molecule has 124 valence electrons. The molecule has 1 amide bonds. The molecule has 0 unspecified atom stereocenters. The minimum Gasteiger partial charge on any atom is -0.298 e. The first-order valence-electron chi connectivity index (χ1n) is 8.37. The van der Waals surface area contributed by atoms with Crippen molar-refractivity contribution in [3.8, 4) is 21.7 Å². The Bertz CT molecular complexity index is 1120. The Morgan fingerprint density at radius 2 is 1.69 bits per heavy atom. The van der Waals surface area contributed by atoms with Crippen molar-refractivity contribution in [1.29, 1.82) is 0 Å². The van der Waals surface area contributed by atoms with E-state index in [1.807, 2.05) is 30.3 Å². The number of aromatic nitrogens is 1. The van der Waals surface area contributed by atoms with Gasteiger partial charge in [0.05, 0.1) is 10.6 Å². The number of hydrogen-bond donors (Lipinski definition) is 1. The molecule has 4 aromatic rings. The van der Waals surface area contributed by atoms with Crippen molar-refractivity contribution < 1.29 is 4.79 Å². The third-order valence-electron chi connectivity index (χ3n) is 4.49. The van der Waals surface area contributed by atoms with Gasteiger partial charge in [-0.15, -0.1) is 0 Å². The van der Waals surface area contributed by atoms with E-state index in [1.54, 1.807) is 6.08 Å². The fourth-order valence-electron chi connectivity index (χ4n) is 3.35. The van der Waals surface area contributed by atoms with Gasteiger partial charge in [-0.05, 0) is 22.4 Å². The molecule has 1 aliphatic rings. The number of anilines is 1. The zero-order chi connectivity index (χ0) is 17.5. The third kappa shape index (κ3) is 2.43. The van der Waals surface area contributed by atoms with E-state index >= 15 is 0 Å². The van der Waals surface area contributed by atoms with E-state index in [0.717, 1.165) is 21.7 Å². The topological polar surface area (TPSA) is 42.0 Å². The van der Waals surface area contributed by atoms with Gasteiger partial charge in [-0.25, -0.2) is 4.98 Å². The molecule has 0 fully saturated rings. The molecule has 1 N–H and O–H groups in total. The molecule has 0 saturated carbocycles. The molecule has 0 spiro atoms. The summed E-state index contributed by atoms with van der Waals surface area (Å²) in [5, 5.41) is 5.99. The van der Waals surface area contributed by atoms with E-state index < -0.39 is 0 Å². The molecule has 26 heavy (non-hydrogen) atoms. The molecular formula is C22H14N2OS. The monoisotopic (exact) mass is 354 g/mol. The summed E-state index contributed by atoms with van der Waals surface area (Å²) in [6.45, 7) is 0. The molecule has 1 aromatic heterocycles. The Kier molecular flexibility index (Phi) is 3.43. The summed E-state index contributed by atoms with van der Waals surface area (Å²) < 4.78 is 0. The molecule has 3 nitrogen and oxygen atoms in total. The van der Waals surface area contributed by atoms with Gasteiger partial charge in [0.25, 0.3) is 0 Å². The second-order valence-electron chi connectivity index (χ2n) is 6.14. The van der Waals surface area contributed by atoms with Gasteiger partial charge in [0.15, 0.2) is 5.13 Å². The van der Waals surface area contributed by atoms with Gasteiger partial charge in [0.2, 0.25) is 5.91 Å². The average Bonchev–Trinajstić information content (AvgIpc) is 3.21. The van der Waals surface area contributed by atoms with E-state index in [2.05, 4.69) is 46.7 Å². The number of thiazole rings is 1. The van der Waals surface area contributed by atoms with Crippen molar-refractivity contribution in [3.05, 3.63) is 78.4 Å². The SMILES string of the molecule is O=C(C=Cc1ccccc1)Nc1nc2c(s1)-c1cccc3cccc-2c13. The number of fused-ring (bicyclic) bond motifs is 3. The van der Waals surface area contributed by atoms with Crippen LogP contribution in [0.5, 0.6) is 0 Å². The number of carbonyl (C=O) groups excluding carboxylic acids is 1. The summed E-state index contributed by atoms with van der Waals surface area (Å²) in [6, 6.07) is 22.3. The number of nitrogens with zero attached hydrogens (tertiary/aromatic N) is 1. The number of nitrogens with one attached hydrogen (secondary N) is 1. The van der Waals surface area contributed by atoms with E-state index in [-0.39, 0.29) is 5.91 Å². The van der Waals surface area contributed by atoms with Crippen molar-refractivity contribution in [2.24, 2.45) is 0 Å². The van der Waals surface area contributed by atoms with Gasteiger partial charge in [-0.2, -0.15) is 0 Å². The first kappa shape index (κ1) is 15.0. The van der Waals surface area contributed by atoms with Crippen LogP contribution in [0.15, 0.2) is 72.8 Å². The lowest BCUT2D eigenvalue weighted by molar-refractivity contribution is -0.111. The van der Waals surface area contributed by atoms with Crippen LogP contribution in [0.2, 0.25) is 0 Å².